The van der Waals surface area contributed by atoms with Gasteiger partial charge in [-0.15, -0.1) is 0 Å². The van der Waals surface area contributed by atoms with Gasteiger partial charge in [0.05, 0.1) is 57.4 Å². The number of nitrogens with one attached hydrogen (secondary N) is 2. The molecule has 4 aromatic carbocycles. The molecule has 0 radical (unpaired) electrons. The summed E-state index contributed by atoms with van der Waals surface area (Å²) in [6.07, 6.45) is -5.57. The van der Waals surface area contributed by atoms with E-state index in [9.17, 15) is 14.4 Å². The molecule has 2 aliphatic heterocycles. The number of esters is 3. The monoisotopic (exact) mass is 1030 g/mol. The molecule has 15 heteroatoms. The number of allylic oxidation sites excluding steroid dienone is 1. The number of ether oxygens (including phenoxy) is 9. The molecule has 15 nitrogen and oxygen atoms in total. The molecule has 7 atom stereocenters. The number of carbonyl (C=O) groups excluding carboxylic acids is 4. The summed E-state index contributed by atoms with van der Waals surface area (Å²) < 4.78 is 57.9. The predicted molar refractivity (Wildman–Crippen MR) is 282 cm³/mol. The van der Waals surface area contributed by atoms with E-state index in [4.69, 9.17) is 42.6 Å². The van der Waals surface area contributed by atoms with E-state index in [1.807, 2.05) is 121 Å². The molecule has 75 heavy (non-hydrogen) atoms. The molecule has 6 rings (SSSR count). The summed E-state index contributed by atoms with van der Waals surface area (Å²) in [5.41, 5.74) is 1.42. The first kappa shape index (κ1) is 57.9. The van der Waals surface area contributed by atoms with Gasteiger partial charge in [0.2, 0.25) is 0 Å². The van der Waals surface area contributed by atoms with Crippen LogP contribution in [0.15, 0.2) is 144 Å². The maximum atomic E-state index is 15.1. The molecule has 0 aromatic heterocycles. The molecule has 1 fully saturated rings. The molecule has 404 valence electrons. The zero-order valence-corrected chi connectivity index (χ0v) is 45.3. The Balaban J connectivity index is 1.54. The summed E-state index contributed by atoms with van der Waals surface area (Å²) >= 11 is 0. The molecule has 1 saturated heterocycles. The zero-order chi connectivity index (χ0) is 54.3. The maximum absolute atomic E-state index is 15.1. The zero-order valence-electron chi connectivity index (χ0n) is 45.3. The van der Waals surface area contributed by atoms with Crippen LogP contribution in [0.1, 0.15) is 104 Å². The number of hydrogen-bond acceptors (Lipinski definition) is 14. The van der Waals surface area contributed by atoms with E-state index in [0.29, 0.717) is 5.70 Å². The fourth-order valence-electron chi connectivity index (χ4n) is 8.90. The van der Waals surface area contributed by atoms with Gasteiger partial charge in [-0.3, -0.25) is 0 Å². The minimum Gasteiger partial charge on any atom is -0.467 e. The van der Waals surface area contributed by atoms with Gasteiger partial charge >= 0.3 is 24.0 Å². The quantitative estimate of drug-likeness (QED) is 0.0596. The van der Waals surface area contributed by atoms with Crippen molar-refractivity contribution in [2.45, 2.75) is 162 Å². The van der Waals surface area contributed by atoms with E-state index in [-0.39, 0.29) is 62.7 Å². The van der Waals surface area contributed by atoms with Crippen LogP contribution in [0.25, 0.3) is 0 Å². The van der Waals surface area contributed by atoms with Gasteiger partial charge in [-0.25, -0.2) is 19.2 Å². The number of hydrogen-bond donors (Lipinski definition) is 2. The van der Waals surface area contributed by atoms with Crippen LogP contribution in [0.5, 0.6) is 0 Å². The average molecular weight is 1030 g/mol. The Bertz CT molecular complexity index is 2550. The first-order valence-corrected chi connectivity index (χ1v) is 25.6. The SMILES string of the molecule is COC(=O)[C@H](CC1=C(C(=O)OC(C)(C)C)C(C[C@@H]2O[C@H](COCc3ccccc3)[C@H](OCc3ccccc3)[C@H](OCc3ccccc3)[C@H]2OCc2ccccc2)C(C(=O)OC(C)(C)C)=C(C)N1)NC(=O)OC(C)(C)C. The highest BCUT2D eigenvalue weighted by Gasteiger charge is 2.51. The lowest BCUT2D eigenvalue weighted by atomic mass is 9.78. The van der Waals surface area contributed by atoms with E-state index < -0.39 is 83.3 Å². The predicted octanol–water partition coefficient (Wildman–Crippen LogP) is 10.0. The van der Waals surface area contributed by atoms with Crippen molar-refractivity contribution in [3.8, 4) is 0 Å². The standard InChI is InChI=1S/C60H76N2O13/c1-39-49(55(64)73-58(2,3)4)44(50(56(65)74-59(5,6)7)45(61-39)33-46(54(63)67-11)62-57(66)75-60(8,9)10)32-47-51(69-35-41-26-18-13-19-27-41)53(71-37-43-30-22-15-23-31-43)52(70-36-42-28-20-14-21-29-42)48(72-47)38-68-34-40-24-16-12-17-25-40/h12-31,44,46-48,51-53,61H,32-38H2,1-11H3,(H,62,66)/t44?,46-,47-,48+,51-,52-,53+/m0/s1. The van der Waals surface area contributed by atoms with Crippen molar-refractivity contribution in [3.63, 3.8) is 0 Å². The Morgan fingerprint density at radius 2 is 0.973 bits per heavy atom. The number of rotatable bonds is 21. The van der Waals surface area contributed by atoms with Crippen LogP contribution >= 0.6 is 0 Å². The highest BCUT2D eigenvalue weighted by atomic mass is 16.6. The number of methoxy groups -OCH3 is 1. The largest absolute Gasteiger partial charge is 0.467 e. The average Bonchev–Trinajstić information content (AvgIpc) is 3.34. The van der Waals surface area contributed by atoms with Gasteiger partial charge in [0, 0.05) is 23.7 Å². The molecule has 1 amide bonds. The van der Waals surface area contributed by atoms with Crippen LogP contribution in [-0.4, -0.2) is 91.1 Å². The number of alkyl carbamates (subject to hydrolysis) is 1. The van der Waals surface area contributed by atoms with E-state index in [2.05, 4.69) is 10.6 Å². The number of dihydropyridines is 1. The first-order chi connectivity index (χ1) is 35.6. The van der Waals surface area contributed by atoms with Gasteiger partial charge in [-0.2, -0.15) is 0 Å². The molecule has 0 saturated carbocycles. The summed E-state index contributed by atoms with van der Waals surface area (Å²) in [6, 6.07) is 37.7. The van der Waals surface area contributed by atoms with Gasteiger partial charge in [-0.05, 0) is 97.9 Å². The van der Waals surface area contributed by atoms with Crippen molar-refractivity contribution in [1.82, 2.24) is 10.6 Å². The van der Waals surface area contributed by atoms with E-state index >= 15 is 4.79 Å². The van der Waals surface area contributed by atoms with Crippen LogP contribution in [0.3, 0.4) is 0 Å². The Morgan fingerprint density at radius 1 is 0.560 bits per heavy atom. The van der Waals surface area contributed by atoms with Crippen LogP contribution in [0.2, 0.25) is 0 Å². The minimum atomic E-state index is -1.36. The molecule has 0 aliphatic carbocycles. The van der Waals surface area contributed by atoms with Gasteiger partial charge < -0.3 is 53.3 Å². The molecular formula is C60H76N2O13. The van der Waals surface area contributed by atoms with Crippen LogP contribution < -0.4 is 10.6 Å². The molecule has 2 heterocycles. The number of benzene rings is 4. The Labute approximate surface area is 442 Å². The van der Waals surface area contributed by atoms with Gasteiger partial charge in [0.15, 0.2) is 0 Å². The first-order valence-electron chi connectivity index (χ1n) is 25.6. The van der Waals surface area contributed by atoms with Crippen molar-refractivity contribution in [2.24, 2.45) is 5.92 Å². The third kappa shape index (κ3) is 17.9. The summed E-state index contributed by atoms with van der Waals surface area (Å²) in [7, 11) is 1.20. The summed E-state index contributed by atoms with van der Waals surface area (Å²) in [5.74, 6) is -3.43. The summed E-state index contributed by atoms with van der Waals surface area (Å²) in [5, 5.41) is 5.90. The summed E-state index contributed by atoms with van der Waals surface area (Å²) in [6.45, 7) is 18.1. The lowest BCUT2D eigenvalue weighted by molar-refractivity contribution is -0.274. The fourth-order valence-corrected chi connectivity index (χ4v) is 8.90. The van der Waals surface area contributed by atoms with Crippen LogP contribution in [-0.2, 0) is 83.4 Å². The third-order valence-electron chi connectivity index (χ3n) is 12.0. The minimum absolute atomic E-state index is 0.00256. The van der Waals surface area contributed by atoms with Crippen molar-refractivity contribution < 1.29 is 61.8 Å². The molecule has 1 unspecified atom stereocenters. The smallest absolute Gasteiger partial charge is 0.408 e. The van der Waals surface area contributed by atoms with Crippen LogP contribution in [0, 0.1) is 5.92 Å². The molecule has 0 spiro atoms. The molecule has 0 bridgehead atoms. The normalized spacial score (nSPS) is 20.6. The molecular weight excluding hydrogens is 957 g/mol. The Hall–Kier alpha value is -6.36. The number of carbonyl (C=O) groups is 4. The van der Waals surface area contributed by atoms with Crippen molar-refractivity contribution >= 4 is 24.0 Å². The van der Waals surface area contributed by atoms with Crippen LogP contribution in [0.4, 0.5) is 4.79 Å². The molecule has 2 aliphatic rings. The second-order valence-electron chi connectivity index (χ2n) is 21.8. The Morgan fingerprint density at radius 3 is 1.41 bits per heavy atom. The summed E-state index contributed by atoms with van der Waals surface area (Å²) in [4.78, 5) is 56.9. The van der Waals surface area contributed by atoms with Gasteiger partial charge in [-0.1, -0.05) is 121 Å². The Kier molecular flexibility index (Phi) is 20.4. The topological polar surface area (TPSA) is 175 Å². The second kappa shape index (κ2) is 26.4. The molecule has 4 aromatic rings. The third-order valence-corrected chi connectivity index (χ3v) is 12.0. The maximum Gasteiger partial charge on any atom is 0.408 e. The van der Waals surface area contributed by atoms with Crippen molar-refractivity contribution in [2.75, 3.05) is 13.7 Å². The number of amides is 1. The second-order valence-corrected chi connectivity index (χ2v) is 21.8. The van der Waals surface area contributed by atoms with E-state index in [1.165, 1.54) is 7.11 Å². The van der Waals surface area contributed by atoms with Gasteiger partial charge in [0.25, 0.3) is 0 Å². The fraction of sp³-hybridized carbons (Fsp3) is 0.467. The van der Waals surface area contributed by atoms with E-state index in [1.54, 1.807) is 69.2 Å². The highest BCUT2D eigenvalue weighted by molar-refractivity contribution is 5.98. The van der Waals surface area contributed by atoms with Crippen molar-refractivity contribution in [3.05, 3.63) is 166 Å². The van der Waals surface area contributed by atoms with Crippen molar-refractivity contribution in [1.29, 1.82) is 0 Å². The van der Waals surface area contributed by atoms with Gasteiger partial charge in [0.1, 0.15) is 47.3 Å². The van der Waals surface area contributed by atoms with E-state index in [0.717, 1.165) is 22.3 Å². The molecule has 2 N–H and O–H groups in total. The lowest BCUT2D eigenvalue weighted by Crippen LogP contribution is -2.61. The lowest BCUT2D eigenvalue weighted by Gasteiger charge is -2.47. The highest BCUT2D eigenvalue weighted by Crippen LogP contribution is 2.42.